The molecule has 0 amide bonds. The highest BCUT2D eigenvalue weighted by Crippen LogP contribution is 2.31. The van der Waals surface area contributed by atoms with Crippen LogP contribution in [0, 0.1) is 12.3 Å². The molecule has 27 heavy (non-hydrogen) atoms. The van der Waals surface area contributed by atoms with Gasteiger partial charge in [-0.25, -0.2) is 13.4 Å². The van der Waals surface area contributed by atoms with Crippen molar-refractivity contribution in [3.63, 3.8) is 0 Å². The summed E-state index contributed by atoms with van der Waals surface area (Å²) in [6.45, 7) is 8.73. The highest BCUT2D eigenvalue weighted by Gasteiger charge is 2.32. The molecule has 144 valence electrons. The first-order valence-electron chi connectivity index (χ1n) is 9.01. The van der Waals surface area contributed by atoms with Gasteiger partial charge in [0.05, 0.1) is 23.0 Å². The second-order valence-corrected chi connectivity index (χ2v) is 9.69. The lowest BCUT2D eigenvalue weighted by atomic mass is 9.88. The van der Waals surface area contributed by atoms with Gasteiger partial charge in [0.1, 0.15) is 6.61 Å². The van der Waals surface area contributed by atoms with Crippen LogP contribution in [0.3, 0.4) is 0 Å². The third-order valence-electron chi connectivity index (χ3n) is 4.61. The Bertz CT molecular complexity index is 945. The van der Waals surface area contributed by atoms with Crippen molar-refractivity contribution < 1.29 is 13.2 Å². The lowest BCUT2D eigenvalue weighted by molar-refractivity contribution is 0.236. The van der Waals surface area contributed by atoms with Crippen molar-refractivity contribution in [1.82, 2.24) is 0 Å². The Kier molecular flexibility index (Phi) is 5.29. The zero-order valence-electron chi connectivity index (χ0n) is 16.2. The minimum atomic E-state index is -3.56. The number of hydrogen-bond donors (Lipinski definition) is 1. The summed E-state index contributed by atoms with van der Waals surface area (Å²) in [5.74, 6) is 0.413. The van der Waals surface area contributed by atoms with Gasteiger partial charge < -0.3 is 4.74 Å². The van der Waals surface area contributed by atoms with Crippen LogP contribution in [-0.4, -0.2) is 27.0 Å². The molecule has 1 N–H and O–H groups in total. The summed E-state index contributed by atoms with van der Waals surface area (Å²) in [6.07, 6.45) is 0. The lowest BCUT2D eigenvalue weighted by Crippen LogP contribution is -2.25. The third-order valence-corrected chi connectivity index (χ3v) is 5.84. The predicted octanol–water partition coefficient (Wildman–Crippen LogP) is 4.13. The molecule has 1 heterocycles. The third kappa shape index (κ3) is 4.69. The molecule has 0 bridgehead atoms. The maximum atomic E-state index is 12.7. The summed E-state index contributed by atoms with van der Waals surface area (Å²) in [5, 5.41) is 0. The quantitative estimate of drug-likeness (QED) is 0.840. The van der Waals surface area contributed by atoms with Crippen molar-refractivity contribution in [3.05, 3.63) is 65.2 Å². The summed E-state index contributed by atoms with van der Waals surface area (Å²) in [6, 6.07) is 14.8. The van der Waals surface area contributed by atoms with Gasteiger partial charge in [0.15, 0.2) is 0 Å². The number of benzene rings is 2. The van der Waals surface area contributed by atoms with E-state index in [9.17, 15) is 8.42 Å². The number of aliphatic imine (C=N–C) groups is 1. The zero-order valence-corrected chi connectivity index (χ0v) is 17.0. The first-order chi connectivity index (χ1) is 12.7. The van der Waals surface area contributed by atoms with E-state index < -0.39 is 10.0 Å². The van der Waals surface area contributed by atoms with E-state index in [2.05, 4.69) is 25.5 Å². The van der Waals surface area contributed by atoms with E-state index in [4.69, 9.17) is 9.73 Å². The van der Waals surface area contributed by atoms with Crippen molar-refractivity contribution in [3.8, 4) is 0 Å². The molecule has 0 aliphatic carbocycles. The number of nitrogens with zero attached hydrogens (tertiary/aromatic N) is 1. The average Bonchev–Trinajstić information content (AvgIpc) is 3.07. The van der Waals surface area contributed by atoms with Gasteiger partial charge in [-0.1, -0.05) is 63.2 Å². The molecule has 0 unspecified atom stereocenters. The van der Waals surface area contributed by atoms with E-state index in [-0.39, 0.29) is 17.2 Å². The summed E-state index contributed by atoms with van der Waals surface area (Å²) in [4.78, 5) is 4.70. The van der Waals surface area contributed by atoms with E-state index in [0.717, 1.165) is 11.1 Å². The SMILES string of the molecule is Cc1cccc(C2=N[C@@H](C(C)(C)C)CO2)c1NS(=O)(=O)Cc1ccccc1. The molecule has 5 nitrogen and oxygen atoms in total. The van der Waals surface area contributed by atoms with E-state index in [1.54, 1.807) is 12.1 Å². The number of rotatable bonds is 5. The van der Waals surface area contributed by atoms with Gasteiger partial charge in [-0.2, -0.15) is 0 Å². The first kappa shape index (κ1) is 19.4. The maximum absolute atomic E-state index is 12.7. The van der Waals surface area contributed by atoms with Gasteiger partial charge in [0, 0.05) is 0 Å². The van der Waals surface area contributed by atoms with E-state index in [1.165, 1.54) is 0 Å². The number of anilines is 1. The predicted molar refractivity (Wildman–Crippen MR) is 110 cm³/mol. The molecule has 0 saturated carbocycles. The Balaban J connectivity index is 1.91. The number of ether oxygens (including phenoxy) is 1. The zero-order chi connectivity index (χ0) is 19.7. The highest BCUT2D eigenvalue weighted by molar-refractivity contribution is 7.91. The fraction of sp³-hybridized carbons (Fsp3) is 0.381. The molecule has 1 aliphatic heterocycles. The lowest BCUT2D eigenvalue weighted by Gasteiger charge is -2.21. The molecule has 2 aromatic rings. The smallest absolute Gasteiger partial charge is 0.236 e. The average molecular weight is 387 g/mol. The number of sulfonamides is 1. The molecule has 0 aromatic heterocycles. The van der Waals surface area contributed by atoms with E-state index in [1.807, 2.05) is 43.3 Å². The van der Waals surface area contributed by atoms with Crippen molar-refractivity contribution >= 4 is 21.6 Å². The van der Waals surface area contributed by atoms with E-state index >= 15 is 0 Å². The number of nitrogens with one attached hydrogen (secondary N) is 1. The normalized spacial score (nSPS) is 17.3. The van der Waals surface area contributed by atoms with Gasteiger partial charge in [-0.3, -0.25) is 4.72 Å². The minimum absolute atomic E-state index is 0.0153. The van der Waals surface area contributed by atoms with Gasteiger partial charge in [0.25, 0.3) is 0 Å². The van der Waals surface area contributed by atoms with Gasteiger partial charge in [-0.05, 0) is 29.5 Å². The summed E-state index contributed by atoms with van der Waals surface area (Å²) in [5.41, 5.74) is 2.76. The molecule has 1 atom stereocenters. The topological polar surface area (TPSA) is 67.8 Å². The standard InChI is InChI=1S/C21H26N2O3S/c1-15-9-8-12-17(20-22-18(13-26-20)21(2,3)4)19(15)23-27(24,25)14-16-10-6-5-7-11-16/h5-12,18,23H,13-14H2,1-4H3/t18-/m1/s1. The van der Waals surface area contributed by atoms with Gasteiger partial charge in [0.2, 0.25) is 15.9 Å². The number of aryl methyl sites for hydroxylation is 1. The monoisotopic (exact) mass is 386 g/mol. The fourth-order valence-corrected chi connectivity index (χ4v) is 4.22. The highest BCUT2D eigenvalue weighted by atomic mass is 32.2. The molecule has 3 rings (SSSR count). The van der Waals surface area contributed by atoms with Crippen molar-refractivity contribution in [2.45, 2.75) is 39.5 Å². The van der Waals surface area contributed by atoms with Crippen LogP contribution in [-0.2, 0) is 20.5 Å². The van der Waals surface area contributed by atoms with Crippen molar-refractivity contribution in [2.75, 3.05) is 11.3 Å². The molecule has 0 saturated heterocycles. The summed E-state index contributed by atoms with van der Waals surface area (Å²) in [7, 11) is -3.56. The molecular formula is C21H26N2O3S. The van der Waals surface area contributed by atoms with Gasteiger partial charge >= 0.3 is 0 Å². The second kappa shape index (κ2) is 7.35. The van der Waals surface area contributed by atoms with Crippen LogP contribution in [0.15, 0.2) is 53.5 Å². The Hall–Kier alpha value is -2.34. The Morgan fingerprint density at radius 3 is 2.44 bits per heavy atom. The molecule has 2 aromatic carbocycles. The number of para-hydroxylation sites is 1. The molecule has 6 heteroatoms. The largest absolute Gasteiger partial charge is 0.475 e. The molecular weight excluding hydrogens is 360 g/mol. The Morgan fingerprint density at radius 2 is 1.81 bits per heavy atom. The molecule has 0 radical (unpaired) electrons. The Morgan fingerprint density at radius 1 is 1.11 bits per heavy atom. The van der Waals surface area contributed by atoms with Crippen LogP contribution in [0.1, 0.15) is 37.5 Å². The molecule has 0 fully saturated rings. The summed E-state index contributed by atoms with van der Waals surface area (Å²) < 4.78 is 34.0. The molecule has 1 aliphatic rings. The van der Waals surface area contributed by atoms with Crippen LogP contribution in [0.5, 0.6) is 0 Å². The maximum Gasteiger partial charge on any atom is 0.236 e. The Labute approximate surface area is 161 Å². The van der Waals surface area contributed by atoms with Crippen molar-refractivity contribution in [1.29, 1.82) is 0 Å². The minimum Gasteiger partial charge on any atom is -0.475 e. The van der Waals surface area contributed by atoms with Crippen LogP contribution in [0.4, 0.5) is 5.69 Å². The van der Waals surface area contributed by atoms with Gasteiger partial charge in [-0.15, -0.1) is 0 Å². The van der Waals surface area contributed by atoms with Crippen LogP contribution < -0.4 is 4.72 Å². The van der Waals surface area contributed by atoms with E-state index in [0.29, 0.717) is 23.8 Å². The fourth-order valence-electron chi connectivity index (χ4n) is 2.93. The second-order valence-electron chi connectivity index (χ2n) is 7.97. The molecule has 0 spiro atoms. The van der Waals surface area contributed by atoms with Crippen LogP contribution in [0.25, 0.3) is 0 Å². The van der Waals surface area contributed by atoms with Crippen molar-refractivity contribution in [2.24, 2.45) is 10.4 Å². The first-order valence-corrected chi connectivity index (χ1v) is 10.7. The van der Waals surface area contributed by atoms with Crippen LogP contribution in [0.2, 0.25) is 0 Å². The number of hydrogen-bond acceptors (Lipinski definition) is 4. The summed E-state index contributed by atoms with van der Waals surface area (Å²) >= 11 is 0. The van der Waals surface area contributed by atoms with Crippen LogP contribution >= 0.6 is 0 Å².